The summed E-state index contributed by atoms with van der Waals surface area (Å²) in [6.45, 7) is 8.45. The first-order valence-corrected chi connectivity index (χ1v) is 10.4. The number of carbonyl (C=O) groups excluding carboxylic acids is 1. The summed E-state index contributed by atoms with van der Waals surface area (Å²) in [5.74, 6) is 2.19. The second kappa shape index (κ2) is 8.37. The molecule has 0 aliphatic carbocycles. The van der Waals surface area contributed by atoms with Gasteiger partial charge in [-0.2, -0.15) is 9.78 Å². The molecule has 31 heavy (non-hydrogen) atoms. The Morgan fingerprint density at radius 3 is 2.55 bits per heavy atom. The van der Waals surface area contributed by atoms with Gasteiger partial charge in [-0.25, -0.2) is 9.97 Å². The number of fused-ring (bicyclic) bond motifs is 1. The van der Waals surface area contributed by atoms with Gasteiger partial charge in [-0.3, -0.25) is 4.79 Å². The van der Waals surface area contributed by atoms with Gasteiger partial charge in [0.1, 0.15) is 5.82 Å². The molecule has 0 radical (unpaired) electrons. The van der Waals surface area contributed by atoms with Gasteiger partial charge in [0, 0.05) is 29.3 Å². The minimum absolute atomic E-state index is 0.0756. The van der Waals surface area contributed by atoms with Crippen LogP contribution in [-0.4, -0.2) is 39.4 Å². The summed E-state index contributed by atoms with van der Waals surface area (Å²) in [7, 11) is 1.62. The normalized spacial score (nSPS) is 15.4. The fourth-order valence-corrected chi connectivity index (χ4v) is 4.01. The van der Waals surface area contributed by atoms with E-state index in [1.807, 2.05) is 45.0 Å². The second-order valence-electron chi connectivity index (χ2n) is 7.77. The van der Waals surface area contributed by atoms with Crippen molar-refractivity contribution in [2.75, 3.05) is 19.0 Å². The Kier molecular flexibility index (Phi) is 5.63. The number of nitrogens with zero attached hydrogens (tertiary/aromatic N) is 4. The number of nitrogens with one attached hydrogen (secondary N) is 1. The molecular weight excluding hydrogens is 394 g/mol. The fraction of sp³-hybridized carbons (Fsp3) is 0.391. The Balaban J connectivity index is 1.80. The number of rotatable bonds is 6. The molecule has 8 heteroatoms. The second-order valence-corrected chi connectivity index (χ2v) is 7.77. The van der Waals surface area contributed by atoms with Crippen LogP contribution in [-0.2, 0) is 4.79 Å². The van der Waals surface area contributed by atoms with Crippen LogP contribution in [0.3, 0.4) is 0 Å². The smallest absolute Gasteiger partial charge is 0.252 e. The van der Waals surface area contributed by atoms with Crippen LogP contribution in [0.2, 0.25) is 0 Å². The van der Waals surface area contributed by atoms with E-state index in [2.05, 4.69) is 27.3 Å². The molecule has 3 aromatic rings. The Hall–Kier alpha value is -3.42. The lowest BCUT2D eigenvalue weighted by molar-refractivity contribution is -0.116. The van der Waals surface area contributed by atoms with Gasteiger partial charge in [0.2, 0.25) is 5.91 Å². The number of methoxy groups -OCH3 is 1. The van der Waals surface area contributed by atoms with E-state index in [0.29, 0.717) is 36.3 Å². The number of ether oxygens (including phenoxy) is 2. The predicted octanol–water partition coefficient (Wildman–Crippen LogP) is 3.86. The van der Waals surface area contributed by atoms with Crippen LogP contribution in [0.15, 0.2) is 24.3 Å². The summed E-state index contributed by atoms with van der Waals surface area (Å²) < 4.78 is 13.0. The summed E-state index contributed by atoms with van der Waals surface area (Å²) in [5, 5.41) is 7.66. The first kappa shape index (κ1) is 20.8. The van der Waals surface area contributed by atoms with Gasteiger partial charge in [-0.15, -0.1) is 0 Å². The van der Waals surface area contributed by atoms with Gasteiger partial charge in [0.25, 0.3) is 5.95 Å². The Morgan fingerprint density at radius 2 is 1.87 bits per heavy atom. The zero-order valence-electron chi connectivity index (χ0n) is 18.5. The van der Waals surface area contributed by atoms with Crippen molar-refractivity contribution in [1.82, 2.24) is 19.7 Å². The van der Waals surface area contributed by atoms with E-state index in [9.17, 15) is 4.79 Å². The molecule has 0 saturated heterocycles. The van der Waals surface area contributed by atoms with Gasteiger partial charge in [-0.05, 0) is 51.0 Å². The molecular formula is C23H27N5O3. The molecule has 0 unspecified atom stereocenters. The van der Waals surface area contributed by atoms with Crippen molar-refractivity contribution in [1.29, 1.82) is 0 Å². The highest BCUT2D eigenvalue weighted by atomic mass is 16.5. The standard InChI is InChI=1S/C23H27N5O3/c1-6-9-31-18-8-7-16(11-19(18)30-5)17-12-20(29)26-22-21(17)15(4)27-28(22)23-24-13(2)10-14(3)25-23/h7-8,10-11,17H,6,9,12H2,1-5H3,(H,26,29)/t17-/m0/s1. The highest BCUT2D eigenvalue weighted by Crippen LogP contribution is 2.42. The maximum absolute atomic E-state index is 12.6. The molecule has 2 aromatic heterocycles. The summed E-state index contributed by atoms with van der Waals surface area (Å²) in [6, 6.07) is 7.75. The number of hydrogen-bond donors (Lipinski definition) is 1. The largest absolute Gasteiger partial charge is 0.493 e. The average molecular weight is 422 g/mol. The number of amides is 1. The number of hydrogen-bond acceptors (Lipinski definition) is 6. The van der Waals surface area contributed by atoms with E-state index in [-0.39, 0.29) is 11.8 Å². The predicted molar refractivity (Wildman–Crippen MR) is 117 cm³/mol. The molecule has 1 aliphatic heterocycles. The van der Waals surface area contributed by atoms with Crippen LogP contribution in [0, 0.1) is 20.8 Å². The third-order valence-corrected chi connectivity index (χ3v) is 5.31. The molecule has 0 spiro atoms. The van der Waals surface area contributed by atoms with Crippen LogP contribution in [0.4, 0.5) is 5.82 Å². The number of carbonyl (C=O) groups is 1. The molecule has 8 nitrogen and oxygen atoms in total. The maximum Gasteiger partial charge on any atom is 0.252 e. The number of aryl methyl sites for hydroxylation is 3. The Morgan fingerprint density at radius 1 is 1.13 bits per heavy atom. The molecule has 1 atom stereocenters. The van der Waals surface area contributed by atoms with E-state index in [1.54, 1.807) is 11.8 Å². The third-order valence-electron chi connectivity index (χ3n) is 5.31. The molecule has 4 rings (SSSR count). The summed E-state index contributed by atoms with van der Waals surface area (Å²) >= 11 is 0. The van der Waals surface area contributed by atoms with Crippen molar-refractivity contribution in [3.05, 3.63) is 52.5 Å². The zero-order valence-corrected chi connectivity index (χ0v) is 18.5. The fourth-order valence-electron chi connectivity index (χ4n) is 4.01. The molecule has 1 amide bonds. The topological polar surface area (TPSA) is 91.2 Å². The number of anilines is 1. The van der Waals surface area contributed by atoms with Crippen LogP contribution in [0.5, 0.6) is 11.5 Å². The SMILES string of the molecule is CCCOc1ccc([C@@H]2CC(=O)Nc3c2c(C)nn3-c2nc(C)cc(C)n2)cc1OC. The number of benzene rings is 1. The van der Waals surface area contributed by atoms with Gasteiger partial charge in [-0.1, -0.05) is 13.0 Å². The maximum atomic E-state index is 12.6. The van der Waals surface area contributed by atoms with Crippen LogP contribution < -0.4 is 14.8 Å². The van der Waals surface area contributed by atoms with E-state index >= 15 is 0 Å². The molecule has 1 aliphatic rings. The van der Waals surface area contributed by atoms with Crippen molar-refractivity contribution in [2.24, 2.45) is 0 Å². The average Bonchev–Trinajstić information content (AvgIpc) is 3.07. The van der Waals surface area contributed by atoms with Crippen LogP contribution in [0.1, 0.15) is 53.9 Å². The molecule has 162 valence electrons. The van der Waals surface area contributed by atoms with E-state index in [0.717, 1.165) is 34.6 Å². The van der Waals surface area contributed by atoms with Crippen LogP contribution >= 0.6 is 0 Å². The third kappa shape index (κ3) is 3.97. The van der Waals surface area contributed by atoms with E-state index in [4.69, 9.17) is 9.47 Å². The van der Waals surface area contributed by atoms with Crippen molar-refractivity contribution >= 4 is 11.7 Å². The highest BCUT2D eigenvalue weighted by molar-refractivity contribution is 5.95. The zero-order chi connectivity index (χ0) is 22.1. The lowest BCUT2D eigenvalue weighted by Gasteiger charge is -2.25. The first-order chi connectivity index (χ1) is 14.9. The minimum Gasteiger partial charge on any atom is -0.493 e. The molecule has 0 fully saturated rings. The van der Waals surface area contributed by atoms with Gasteiger partial charge >= 0.3 is 0 Å². The summed E-state index contributed by atoms with van der Waals surface area (Å²) in [4.78, 5) is 21.7. The van der Waals surface area contributed by atoms with Gasteiger partial charge in [0.05, 0.1) is 19.4 Å². The van der Waals surface area contributed by atoms with Gasteiger partial charge < -0.3 is 14.8 Å². The Labute approximate surface area is 181 Å². The highest BCUT2D eigenvalue weighted by Gasteiger charge is 2.33. The molecule has 0 bridgehead atoms. The van der Waals surface area contributed by atoms with Crippen molar-refractivity contribution in [3.8, 4) is 17.4 Å². The first-order valence-electron chi connectivity index (χ1n) is 10.4. The van der Waals surface area contributed by atoms with Crippen molar-refractivity contribution < 1.29 is 14.3 Å². The Bertz CT molecular complexity index is 1120. The minimum atomic E-state index is -0.155. The van der Waals surface area contributed by atoms with Gasteiger partial charge in [0.15, 0.2) is 11.5 Å². The monoisotopic (exact) mass is 421 g/mol. The molecule has 0 saturated carbocycles. The summed E-state index contributed by atoms with van der Waals surface area (Å²) in [6.07, 6.45) is 1.24. The van der Waals surface area contributed by atoms with Crippen molar-refractivity contribution in [2.45, 2.75) is 46.5 Å². The molecule has 1 N–H and O–H groups in total. The van der Waals surface area contributed by atoms with Crippen molar-refractivity contribution in [3.63, 3.8) is 0 Å². The lowest BCUT2D eigenvalue weighted by Crippen LogP contribution is -2.25. The lowest BCUT2D eigenvalue weighted by atomic mass is 9.85. The quantitative estimate of drug-likeness (QED) is 0.650. The van der Waals surface area contributed by atoms with E-state index in [1.165, 1.54) is 0 Å². The van der Waals surface area contributed by atoms with Crippen LogP contribution in [0.25, 0.3) is 5.95 Å². The van der Waals surface area contributed by atoms with E-state index < -0.39 is 0 Å². The number of aromatic nitrogens is 4. The molecule has 3 heterocycles. The summed E-state index contributed by atoms with van der Waals surface area (Å²) in [5.41, 5.74) is 4.45. The molecule has 1 aromatic carbocycles.